The van der Waals surface area contributed by atoms with E-state index in [9.17, 15) is 4.79 Å². The Morgan fingerprint density at radius 1 is 0.935 bits per heavy atom. The van der Waals surface area contributed by atoms with Crippen molar-refractivity contribution in [2.24, 2.45) is 5.10 Å². The zero-order valence-corrected chi connectivity index (χ0v) is 27.4. The van der Waals surface area contributed by atoms with Crippen LogP contribution in [0.1, 0.15) is 23.9 Å². The van der Waals surface area contributed by atoms with Gasteiger partial charge in [-0.2, -0.15) is 5.10 Å². The fourth-order valence-electron chi connectivity index (χ4n) is 4.86. The average Bonchev–Trinajstić information content (AvgIpc) is 3.49. The minimum absolute atomic E-state index is 0.258. The van der Waals surface area contributed by atoms with Gasteiger partial charge in [-0.05, 0) is 60.3 Å². The first-order chi connectivity index (χ1) is 22.5. The highest BCUT2D eigenvalue weighted by Crippen LogP contribution is 2.28. The summed E-state index contributed by atoms with van der Waals surface area (Å²) in [5.74, 6) is 1.14. The third-order valence-electron chi connectivity index (χ3n) is 7.17. The summed E-state index contributed by atoms with van der Waals surface area (Å²) < 4.78 is 9.01. The zero-order chi connectivity index (χ0) is 31.7. The largest absolute Gasteiger partial charge is 0.488 e. The first-order valence-electron chi connectivity index (χ1n) is 14.7. The van der Waals surface area contributed by atoms with Gasteiger partial charge in [0.05, 0.1) is 18.0 Å². The van der Waals surface area contributed by atoms with Gasteiger partial charge in [-0.3, -0.25) is 9.36 Å². The molecule has 0 radical (unpaired) electrons. The number of ether oxygens (including phenoxy) is 1. The molecule has 0 bridgehead atoms. The Balaban J connectivity index is 1.13. The Hall–Kier alpha value is -4.93. The van der Waals surface area contributed by atoms with Crippen LogP contribution in [0.2, 0.25) is 0 Å². The number of thioether (sulfide) groups is 1. The van der Waals surface area contributed by atoms with Crippen molar-refractivity contribution in [3.8, 4) is 11.4 Å². The molecule has 2 N–H and O–H groups in total. The molecule has 0 saturated heterocycles. The molecule has 0 aliphatic heterocycles. The number of amides is 1. The Kier molecular flexibility index (Phi) is 10.1. The van der Waals surface area contributed by atoms with Gasteiger partial charge >= 0.3 is 0 Å². The lowest BCUT2D eigenvalue weighted by atomic mass is 10.1. The minimum atomic E-state index is -0.495. The van der Waals surface area contributed by atoms with Gasteiger partial charge in [0.1, 0.15) is 12.4 Å². The number of hydrogen-bond donors (Lipinski definition) is 2. The number of fused-ring (bicyclic) bond motifs is 1. The molecule has 5 aromatic carbocycles. The van der Waals surface area contributed by atoms with Gasteiger partial charge in [0.15, 0.2) is 11.0 Å². The Bertz CT molecular complexity index is 1980. The van der Waals surface area contributed by atoms with E-state index in [4.69, 9.17) is 4.74 Å². The molecular weight excluding hydrogens is 660 g/mol. The van der Waals surface area contributed by atoms with E-state index in [1.54, 1.807) is 6.21 Å². The van der Waals surface area contributed by atoms with Crippen molar-refractivity contribution in [1.82, 2.24) is 20.2 Å². The maximum atomic E-state index is 13.1. The summed E-state index contributed by atoms with van der Waals surface area (Å²) in [5.41, 5.74) is 6.39. The summed E-state index contributed by atoms with van der Waals surface area (Å²) in [5, 5.41) is 19.2. The van der Waals surface area contributed by atoms with E-state index in [2.05, 4.69) is 66.2 Å². The van der Waals surface area contributed by atoms with Crippen molar-refractivity contribution >= 4 is 56.3 Å². The molecule has 230 valence electrons. The zero-order valence-electron chi connectivity index (χ0n) is 25.0. The minimum Gasteiger partial charge on any atom is -0.488 e. The molecule has 6 aromatic rings. The van der Waals surface area contributed by atoms with E-state index < -0.39 is 5.25 Å². The molecule has 0 unspecified atom stereocenters. The van der Waals surface area contributed by atoms with E-state index >= 15 is 0 Å². The van der Waals surface area contributed by atoms with Crippen LogP contribution in [0, 0.1) is 0 Å². The summed E-state index contributed by atoms with van der Waals surface area (Å²) in [7, 11) is 0. The average molecular weight is 692 g/mol. The molecule has 1 atom stereocenters. The highest BCUT2D eigenvalue weighted by molar-refractivity contribution is 9.10. The Morgan fingerprint density at radius 2 is 1.70 bits per heavy atom. The van der Waals surface area contributed by atoms with Crippen LogP contribution in [-0.2, 0) is 17.9 Å². The molecule has 0 fully saturated rings. The van der Waals surface area contributed by atoms with Gasteiger partial charge in [0, 0.05) is 26.8 Å². The maximum Gasteiger partial charge on any atom is 0.253 e. The molecule has 0 aliphatic rings. The highest BCUT2D eigenvalue weighted by Gasteiger charge is 2.21. The molecule has 1 aromatic heterocycles. The van der Waals surface area contributed by atoms with Crippen LogP contribution in [0.25, 0.3) is 16.5 Å². The Morgan fingerprint density at radius 3 is 2.57 bits per heavy atom. The van der Waals surface area contributed by atoms with Crippen molar-refractivity contribution in [3.63, 3.8) is 0 Å². The van der Waals surface area contributed by atoms with Gasteiger partial charge < -0.3 is 10.1 Å². The number of hydrazone groups is 1. The second-order valence-electron chi connectivity index (χ2n) is 10.4. The van der Waals surface area contributed by atoms with Gasteiger partial charge in [-0.15, -0.1) is 10.2 Å². The number of benzene rings is 5. The Labute approximate surface area is 280 Å². The lowest BCUT2D eigenvalue weighted by Gasteiger charge is -2.14. The van der Waals surface area contributed by atoms with E-state index in [0.29, 0.717) is 24.1 Å². The number of carbonyl (C=O) groups is 1. The third-order valence-corrected chi connectivity index (χ3v) is 8.71. The second kappa shape index (κ2) is 14.9. The van der Waals surface area contributed by atoms with Crippen LogP contribution in [0.3, 0.4) is 0 Å². The van der Waals surface area contributed by atoms with Crippen LogP contribution in [0.4, 0.5) is 5.69 Å². The van der Waals surface area contributed by atoms with Crippen LogP contribution in [0.5, 0.6) is 5.75 Å². The summed E-state index contributed by atoms with van der Waals surface area (Å²) in [4.78, 5) is 13.1. The number of carbonyl (C=O) groups excluding carboxylic acids is 1. The van der Waals surface area contributed by atoms with Crippen LogP contribution in [0.15, 0.2) is 136 Å². The third kappa shape index (κ3) is 7.64. The fourth-order valence-corrected chi connectivity index (χ4v) is 6.18. The predicted molar refractivity (Wildman–Crippen MR) is 189 cm³/mol. The number of nitrogens with zero attached hydrogens (tertiary/aromatic N) is 4. The lowest BCUT2D eigenvalue weighted by Crippen LogP contribution is -2.27. The maximum absolute atomic E-state index is 13.1. The molecule has 0 spiro atoms. The number of halogens is 1. The monoisotopic (exact) mass is 690 g/mol. The molecule has 0 aliphatic carbocycles. The lowest BCUT2D eigenvalue weighted by molar-refractivity contribution is -0.120. The molecule has 46 heavy (non-hydrogen) atoms. The topological polar surface area (TPSA) is 93.4 Å². The van der Waals surface area contributed by atoms with Gasteiger partial charge in [-0.1, -0.05) is 107 Å². The van der Waals surface area contributed by atoms with E-state index in [-0.39, 0.29) is 5.91 Å². The van der Waals surface area contributed by atoms with E-state index in [1.807, 2.05) is 109 Å². The van der Waals surface area contributed by atoms with Crippen molar-refractivity contribution in [1.29, 1.82) is 0 Å². The van der Waals surface area contributed by atoms with Crippen molar-refractivity contribution < 1.29 is 9.53 Å². The summed E-state index contributed by atoms with van der Waals surface area (Å²) in [6.07, 6.45) is 1.59. The van der Waals surface area contributed by atoms with Crippen molar-refractivity contribution in [2.45, 2.75) is 30.5 Å². The SMILES string of the molecule is C[C@@H](Sc1nnc(CNc2cccc3ccccc23)n1-c1ccccc1)C(=O)NN=Cc1ccccc1OCc1cccc(Br)c1. The van der Waals surface area contributed by atoms with Crippen molar-refractivity contribution in [3.05, 3.63) is 143 Å². The smallest absolute Gasteiger partial charge is 0.253 e. The summed E-state index contributed by atoms with van der Waals surface area (Å²) in [6.45, 7) is 2.68. The fraction of sp³-hybridized carbons (Fsp3) is 0.111. The van der Waals surface area contributed by atoms with E-state index in [0.717, 1.165) is 43.6 Å². The number of rotatable bonds is 12. The first-order valence-corrected chi connectivity index (χ1v) is 16.4. The van der Waals surface area contributed by atoms with Gasteiger partial charge in [-0.25, -0.2) is 5.43 Å². The number of anilines is 1. The van der Waals surface area contributed by atoms with Crippen molar-refractivity contribution in [2.75, 3.05) is 5.32 Å². The van der Waals surface area contributed by atoms with E-state index in [1.165, 1.54) is 11.8 Å². The number of nitrogens with one attached hydrogen (secondary N) is 2. The molecule has 0 saturated carbocycles. The normalized spacial score (nSPS) is 11.9. The predicted octanol–water partition coefficient (Wildman–Crippen LogP) is 8.01. The van der Waals surface area contributed by atoms with Gasteiger partial charge in [0.25, 0.3) is 5.91 Å². The molecule has 6 rings (SSSR count). The molecule has 1 heterocycles. The molecule has 1 amide bonds. The summed E-state index contributed by atoms with van der Waals surface area (Å²) in [6, 6.07) is 39.9. The number of para-hydroxylation sites is 2. The molecule has 8 nitrogen and oxygen atoms in total. The second-order valence-corrected chi connectivity index (χ2v) is 12.6. The van der Waals surface area contributed by atoms with Crippen LogP contribution in [-0.4, -0.2) is 32.1 Å². The number of hydrogen-bond acceptors (Lipinski definition) is 7. The van der Waals surface area contributed by atoms with Crippen LogP contribution >= 0.6 is 27.7 Å². The molecular formula is C36H31BrN6O2S. The molecule has 10 heteroatoms. The first kappa shape index (κ1) is 31.1. The van der Waals surface area contributed by atoms with Crippen LogP contribution < -0.4 is 15.5 Å². The quantitative estimate of drug-likeness (QED) is 0.0768. The summed E-state index contributed by atoms with van der Waals surface area (Å²) >= 11 is 4.81. The highest BCUT2D eigenvalue weighted by atomic mass is 79.9. The standard InChI is InChI=1S/C36H31BrN6O2S/c1-25(35(44)41-39-22-28-13-6-8-20-33(28)45-24-26-11-9-15-29(37)21-26)46-36-42-40-34(43(36)30-16-3-2-4-17-30)23-38-32-19-10-14-27-12-5-7-18-31(27)32/h2-22,25,38H,23-24H2,1H3,(H,41,44)/t25-/m1/s1. The van der Waals surface area contributed by atoms with Gasteiger partial charge in [0.2, 0.25) is 0 Å². The number of aromatic nitrogens is 3.